The number of nitrogens with zero attached hydrogens (tertiary/aromatic N) is 1. The number of nitrogens with two attached hydrogens (primary N) is 1. The van der Waals surface area contributed by atoms with Gasteiger partial charge in [-0.1, -0.05) is 23.2 Å². The van der Waals surface area contributed by atoms with Crippen LogP contribution in [0.3, 0.4) is 0 Å². The third-order valence-electron chi connectivity index (χ3n) is 2.85. The summed E-state index contributed by atoms with van der Waals surface area (Å²) in [7, 11) is -2.38. The fourth-order valence-corrected chi connectivity index (χ4v) is 4.03. The number of hydrogen-bond acceptors (Lipinski definition) is 4. The van der Waals surface area contributed by atoms with Crippen LogP contribution >= 0.6 is 34.5 Å². The van der Waals surface area contributed by atoms with Crippen LogP contribution < -0.4 is 5.14 Å². The number of primary sulfonamides is 1. The quantitative estimate of drug-likeness (QED) is 0.887. The molecule has 0 aliphatic rings. The second kappa shape index (κ2) is 6.55. The van der Waals surface area contributed by atoms with Crippen molar-refractivity contribution in [3.8, 4) is 0 Å². The van der Waals surface area contributed by atoms with Crippen molar-refractivity contribution in [2.24, 2.45) is 5.14 Å². The van der Waals surface area contributed by atoms with E-state index in [0.717, 1.165) is 4.88 Å². The van der Waals surface area contributed by atoms with Gasteiger partial charge in [-0.05, 0) is 30.3 Å². The normalized spacial score (nSPS) is 11.5. The van der Waals surface area contributed by atoms with Crippen LogP contribution in [0.25, 0.3) is 0 Å². The molecule has 0 saturated carbocycles. The van der Waals surface area contributed by atoms with Gasteiger partial charge in [-0.15, -0.1) is 11.3 Å². The Bertz CT molecular complexity index is 818. The van der Waals surface area contributed by atoms with E-state index >= 15 is 0 Å². The molecular weight excluding hydrogens is 367 g/mol. The summed E-state index contributed by atoms with van der Waals surface area (Å²) in [6.45, 7) is 0.365. The van der Waals surface area contributed by atoms with Crippen molar-refractivity contribution < 1.29 is 13.2 Å². The maximum atomic E-state index is 12.4. The molecule has 1 aromatic heterocycles. The van der Waals surface area contributed by atoms with Crippen molar-refractivity contribution in [1.82, 2.24) is 4.90 Å². The van der Waals surface area contributed by atoms with Crippen LogP contribution in [0.2, 0.25) is 9.36 Å². The number of sulfonamides is 1. The zero-order valence-corrected chi connectivity index (χ0v) is 14.6. The molecule has 0 atom stereocenters. The van der Waals surface area contributed by atoms with Crippen molar-refractivity contribution >= 4 is 50.5 Å². The van der Waals surface area contributed by atoms with Crippen LogP contribution in [0, 0.1) is 0 Å². The number of halogens is 2. The standard InChI is InChI=1S/C13H12Cl2N2O3S2/c1-17(7-9-3-5-12(15)21-9)13(18)8-2-4-10(14)11(6-8)22(16,19)20/h2-6H,7H2,1H3,(H2,16,19,20). The summed E-state index contributed by atoms with van der Waals surface area (Å²) in [6, 6.07) is 7.55. The van der Waals surface area contributed by atoms with E-state index in [-0.39, 0.29) is 21.4 Å². The zero-order chi connectivity index (χ0) is 16.5. The molecule has 1 amide bonds. The van der Waals surface area contributed by atoms with Crippen molar-refractivity contribution in [3.63, 3.8) is 0 Å². The lowest BCUT2D eigenvalue weighted by molar-refractivity contribution is 0.0786. The Morgan fingerprint density at radius 3 is 2.50 bits per heavy atom. The molecule has 2 aromatic rings. The number of carbonyl (C=O) groups is 1. The second-order valence-electron chi connectivity index (χ2n) is 4.56. The van der Waals surface area contributed by atoms with Gasteiger partial charge < -0.3 is 4.90 Å². The summed E-state index contributed by atoms with van der Waals surface area (Å²) in [5.74, 6) is -0.342. The Balaban J connectivity index is 2.25. The monoisotopic (exact) mass is 378 g/mol. The van der Waals surface area contributed by atoms with E-state index in [0.29, 0.717) is 10.9 Å². The van der Waals surface area contributed by atoms with Crippen molar-refractivity contribution in [1.29, 1.82) is 0 Å². The molecule has 0 aliphatic carbocycles. The van der Waals surface area contributed by atoms with Crippen LogP contribution in [0.5, 0.6) is 0 Å². The first-order valence-electron chi connectivity index (χ1n) is 6.00. The molecule has 0 saturated heterocycles. The largest absolute Gasteiger partial charge is 0.337 e. The number of benzene rings is 1. The Morgan fingerprint density at radius 1 is 1.27 bits per heavy atom. The smallest absolute Gasteiger partial charge is 0.253 e. The summed E-state index contributed by atoms with van der Waals surface area (Å²) in [4.78, 5) is 14.5. The highest BCUT2D eigenvalue weighted by Crippen LogP contribution is 2.24. The van der Waals surface area contributed by atoms with Gasteiger partial charge in [-0.2, -0.15) is 0 Å². The topological polar surface area (TPSA) is 80.5 Å². The van der Waals surface area contributed by atoms with Gasteiger partial charge in [0, 0.05) is 17.5 Å². The number of hydrogen-bond donors (Lipinski definition) is 1. The Labute approximate surface area is 142 Å². The summed E-state index contributed by atoms with van der Waals surface area (Å²) >= 11 is 13.0. The molecular formula is C13H12Cl2N2O3S2. The lowest BCUT2D eigenvalue weighted by atomic mass is 10.2. The highest BCUT2D eigenvalue weighted by molar-refractivity contribution is 7.89. The lowest BCUT2D eigenvalue weighted by Gasteiger charge is -2.17. The van der Waals surface area contributed by atoms with Crippen LogP contribution in [0.4, 0.5) is 0 Å². The molecule has 5 nitrogen and oxygen atoms in total. The van der Waals surface area contributed by atoms with Gasteiger partial charge in [0.25, 0.3) is 5.91 Å². The predicted octanol–water partition coefficient (Wildman–Crippen LogP) is 2.97. The molecule has 22 heavy (non-hydrogen) atoms. The first kappa shape index (κ1) is 17.2. The lowest BCUT2D eigenvalue weighted by Crippen LogP contribution is -2.26. The molecule has 2 N–H and O–H groups in total. The minimum atomic E-state index is -3.99. The third kappa shape index (κ3) is 3.99. The van der Waals surface area contributed by atoms with Crippen molar-refractivity contribution in [2.45, 2.75) is 11.4 Å². The summed E-state index contributed by atoms with van der Waals surface area (Å²) in [5.41, 5.74) is 0.193. The summed E-state index contributed by atoms with van der Waals surface area (Å²) in [5, 5.41) is 5.06. The maximum Gasteiger partial charge on any atom is 0.253 e. The van der Waals surface area contributed by atoms with Gasteiger partial charge >= 0.3 is 0 Å². The minimum Gasteiger partial charge on any atom is -0.337 e. The maximum absolute atomic E-state index is 12.4. The van der Waals surface area contributed by atoms with Gasteiger partial charge in [0.1, 0.15) is 4.90 Å². The van der Waals surface area contributed by atoms with Crippen LogP contribution in [0.15, 0.2) is 35.2 Å². The number of rotatable bonds is 4. The first-order chi connectivity index (χ1) is 10.2. The second-order valence-corrected chi connectivity index (χ2v) is 8.29. The molecule has 0 unspecified atom stereocenters. The molecule has 1 heterocycles. The SMILES string of the molecule is CN(Cc1ccc(Cl)s1)C(=O)c1ccc(Cl)c(S(N)(=O)=O)c1. The van der Waals surface area contributed by atoms with Crippen molar-refractivity contribution in [3.05, 3.63) is 50.1 Å². The molecule has 2 rings (SSSR count). The van der Waals surface area contributed by atoms with Gasteiger partial charge in [0.2, 0.25) is 10.0 Å². The van der Waals surface area contributed by atoms with Crippen molar-refractivity contribution in [2.75, 3.05) is 7.05 Å². The average molecular weight is 379 g/mol. The highest BCUT2D eigenvalue weighted by atomic mass is 35.5. The van der Waals surface area contributed by atoms with E-state index in [1.54, 1.807) is 13.1 Å². The number of carbonyl (C=O) groups excluding carboxylic acids is 1. The van der Waals surface area contributed by atoms with E-state index < -0.39 is 10.0 Å². The number of thiophene rings is 1. The first-order valence-corrected chi connectivity index (χ1v) is 9.12. The van der Waals surface area contributed by atoms with E-state index in [1.807, 2.05) is 6.07 Å². The molecule has 0 bridgehead atoms. The van der Waals surface area contributed by atoms with Gasteiger partial charge in [-0.3, -0.25) is 4.79 Å². The zero-order valence-electron chi connectivity index (χ0n) is 11.4. The Morgan fingerprint density at radius 2 is 1.95 bits per heavy atom. The van der Waals surface area contributed by atoms with E-state index in [4.69, 9.17) is 28.3 Å². The third-order valence-corrected chi connectivity index (χ3v) is 5.46. The molecule has 9 heteroatoms. The van der Waals surface area contributed by atoms with Gasteiger partial charge in [0.05, 0.1) is 15.9 Å². The summed E-state index contributed by atoms with van der Waals surface area (Å²) in [6.07, 6.45) is 0. The minimum absolute atomic E-state index is 0.0215. The summed E-state index contributed by atoms with van der Waals surface area (Å²) < 4.78 is 23.5. The highest BCUT2D eigenvalue weighted by Gasteiger charge is 2.19. The molecule has 0 radical (unpaired) electrons. The van der Waals surface area contributed by atoms with E-state index in [2.05, 4.69) is 0 Å². The average Bonchev–Trinajstić information content (AvgIpc) is 2.82. The Hall–Kier alpha value is -1.12. The van der Waals surface area contributed by atoms with Gasteiger partial charge in [0.15, 0.2) is 0 Å². The molecule has 1 aromatic carbocycles. The van der Waals surface area contributed by atoms with Crippen LogP contribution in [-0.2, 0) is 16.6 Å². The predicted molar refractivity (Wildman–Crippen MR) is 88.0 cm³/mol. The molecule has 0 aliphatic heterocycles. The number of amides is 1. The molecule has 0 spiro atoms. The fourth-order valence-electron chi connectivity index (χ4n) is 1.82. The molecule has 118 valence electrons. The molecule has 0 fully saturated rings. The fraction of sp³-hybridized carbons (Fsp3) is 0.154. The van der Waals surface area contributed by atoms with Crippen LogP contribution in [-0.4, -0.2) is 26.3 Å². The Kier molecular flexibility index (Phi) is 5.14. The van der Waals surface area contributed by atoms with Crippen LogP contribution in [0.1, 0.15) is 15.2 Å². The van der Waals surface area contributed by atoms with E-state index in [9.17, 15) is 13.2 Å². The van der Waals surface area contributed by atoms with Gasteiger partial charge in [-0.25, -0.2) is 13.6 Å². The van der Waals surface area contributed by atoms with E-state index in [1.165, 1.54) is 34.4 Å².